The van der Waals surface area contributed by atoms with Gasteiger partial charge in [0.1, 0.15) is 6.10 Å². The molecular weight excluding hydrogens is 172 g/mol. The van der Waals surface area contributed by atoms with E-state index in [1.54, 1.807) is 4.90 Å². The fraction of sp³-hybridized carbons (Fsp3) is 0.875. The Labute approximate surface area is 76.9 Å². The second-order valence-electron chi connectivity index (χ2n) is 3.42. The summed E-state index contributed by atoms with van der Waals surface area (Å²) >= 11 is 0. The Morgan fingerprint density at radius 2 is 2.00 bits per heavy atom. The van der Waals surface area contributed by atoms with Gasteiger partial charge in [0.15, 0.2) is 0 Å². The SMILES string of the molecule is O=C(OOC1CNC1)N1CCCC1. The maximum Gasteiger partial charge on any atom is 0.441 e. The van der Waals surface area contributed by atoms with Gasteiger partial charge in [-0.15, -0.1) is 0 Å². The topological polar surface area (TPSA) is 50.8 Å². The van der Waals surface area contributed by atoms with Gasteiger partial charge in [-0.3, -0.25) is 4.89 Å². The highest BCUT2D eigenvalue weighted by molar-refractivity contribution is 5.67. The van der Waals surface area contributed by atoms with Crippen LogP contribution in [0.3, 0.4) is 0 Å². The van der Waals surface area contributed by atoms with Crippen LogP contribution in [0.1, 0.15) is 12.8 Å². The van der Waals surface area contributed by atoms with Gasteiger partial charge in [0.2, 0.25) is 0 Å². The van der Waals surface area contributed by atoms with Gasteiger partial charge in [0.05, 0.1) is 0 Å². The summed E-state index contributed by atoms with van der Waals surface area (Å²) in [6.45, 7) is 3.14. The second-order valence-corrected chi connectivity index (χ2v) is 3.42. The van der Waals surface area contributed by atoms with Crippen molar-refractivity contribution in [2.45, 2.75) is 18.9 Å². The Morgan fingerprint density at radius 1 is 1.31 bits per heavy atom. The Morgan fingerprint density at radius 3 is 2.54 bits per heavy atom. The minimum atomic E-state index is -0.343. The van der Waals surface area contributed by atoms with Crippen molar-refractivity contribution in [3.05, 3.63) is 0 Å². The molecule has 0 aromatic carbocycles. The van der Waals surface area contributed by atoms with E-state index >= 15 is 0 Å². The first-order valence-electron chi connectivity index (χ1n) is 4.69. The van der Waals surface area contributed by atoms with Gasteiger partial charge in [-0.25, -0.2) is 4.79 Å². The van der Waals surface area contributed by atoms with E-state index in [2.05, 4.69) is 10.2 Å². The number of rotatable bonds is 2. The molecule has 0 aliphatic carbocycles. The van der Waals surface area contributed by atoms with Crippen molar-refractivity contribution in [2.24, 2.45) is 0 Å². The van der Waals surface area contributed by atoms with Crippen molar-refractivity contribution in [1.82, 2.24) is 10.2 Å². The van der Waals surface area contributed by atoms with Crippen molar-refractivity contribution in [1.29, 1.82) is 0 Å². The zero-order chi connectivity index (χ0) is 9.10. The second kappa shape index (κ2) is 3.93. The van der Waals surface area contributed by atoms with Gasteiger partial charge in [0, 0.05) is 26.2 Å². The molecule has 2 aliphatic heterocycles. The third kappa shape index (κ3) is 2.10. The van der Waals surface area contributed by atoms with Gasteiger partial charge >= 0.3 is 6.09 Å². The number of carbonyl (C=O) groups is 1. The maximum absolute atomic E-state index is 11.2. The molecule has 0 aromatic heterocycles. The lowest BCUT2D eigenvalue weighted by Gasteiger charge is -2.25. The fourth-order valence-electron chi connectivity index (χ4n) is 1.39. The van der Waals surface area contributed by atoms with Crippen LogP contribution in [0.15, 0.2) is 0 Å². The molecule has 0 saturated carbocycles. The lowest BCUT2D eigenvalue weighted by molar-refractivity contribution is -0.286. The molecule has 0 unspecified atom stereocenters. The third-order valence-corrected chi connectivity index (χ3v) is 2.36. The highest BCUT2D eigenvalue weighted by Gasteiger charge is 2.24. The monoisotopic (exact) mass is 186 g/mol. The van der Waals surface area contributed by atoms with Gasteiger partial charge in [-0.1, -0.05) is 0 Å². The summed E-state index contributed by atoms with van der Waals surface area (Å²) in [5.41, 5.74) is 0. The highest BCUT2D eigenvalue weighted by atomic mass is 17.2. The third-order valence-electron chi connectivity index (χ3n) is 2.36. The van der Waals surface area contributed by atoms with Crippen LogP contribution >= 0.6 is 0 Å². The molecule has 1 N–H and O–H groups in total. The smallest absolute Gasteiger partial charge is 0.311 e. The molecule has 0 aromatic rings. The quantitative estimate of drug-likeness (QED) is 0.491. The molecular formula is C8H14N2O3. The van der Waals surface area contributed by atoms with Crippen LogP contribution < -0.4 is 5.32 Å². The van der Waals surface area contributed by atoms with Crippen LogP contribution in [0.5, 0.6) is 0 Å². The van der Waals surface area contributed by atoms with Gasteiger partial charge in [-0.05, 0) is 12.8 Å². The molecule has 2 heterocycles. The number of amides is 1. The van der Waals surface area contributed by atoms with Gasteiger partial charge in [-0.2, -0.15) is 4.89 Å². The minimum absolute atomic E-state index is 0.0477. The Bertz CT molecular complexity index is 188. The Hall–Kier alpha value is -0.810. The molecule has 13 heavy (non-hydrogen) atoms. The highest BCUT2D eigenvalue weighted by Crippen LogP contribution is 2.09. The average molecular weight is 186 g/mol. The summed E-state index contributed by atoms with van der Waals surface area (Å²) in [7, 11) is 0. The van der Waals surface area contributed by atoms with Crippen LogP contribution in [0.2, 0.25) is 0 Å². The zero-order valence-corrected chi connectivity index (χ0v) is 7.49. The first-order chi connectivity index (χ1) is 6.36. The van der Waals surface area contributed by atoms with Crippen LogP contribution in [-0.2, 0) is 9.78 Å². The first kappa shape index (κ1) is 8.77. The van der Waals surface area contributed by atoms with E-state index in [0.717, 1.165) is 39.0 Å². The molecule has 74 valence electrons. The predicted molar refractivity (Wildman–Crippen MR) is 45.0 cm³/mol. The number of hydrogen-bond donors (Lipinski definition) is 1. The maximum atomic E-state index is 11.2. The molecule has 0 radical (unpaired) electrons. The van der Waals surface area contributed by atoms with E-state index in [9.17, 15) is 4.79 Å². The normalized spacial score (nSPS) is 22.9. The minimum Gasteiger partial charge on any atom is -0.311 e. The van der Waals surface area contributed by atoms with Crippen LogP contribution in [0.25, 0.3) is 0 Å². The van der Waals surface area contributed by atoms with Crippen molar-refractivity contribution in [3.63, 3.8) is 0 Å². The molecule has 2 aliphatic rings. The van der Waals surface area contributed by atoms with E-state index in [-0.39, 0.29) is 12.2 Å². The lowest BCUT2D eigenvalue weighted by Crippen LogP contribution is -2.49. The fourth-order valence-corrected chi connectivity index (χ4v) is 1.39. The average Bonchev–Trinajstić information content (AvgIpc) is 2.52. The largest absolute Gasteiger partial charge is 0.441 e. The molecule has 5 heteroatoms. The van der Waals surface area contributed by atoms with Crippen molar-refractivity contribution >= 4 is 6.09 Å². The molecule has 1 amide bonds. The summed E-state index contributed by atoms with van der Waals surface area (Å²) in [6.07, 6.45) is 1.84. The van der Waals surface area contributed by atoms with Crippen molar-refractivity contribution in [2.75, 3.05) is 26.2 Å². The number of nitrogens with zero attached hydrogens (tertiary/aromatic N) is 1. The summed E-state index contributed by atoms with van der Waals surface area (Å²) in [4.78, 5) is 22.5. The van der Waals surface area contributed by atoms with Gasteiger partial charge < -0.3 is 10.2 Å². The molecule has 0 atom stereocenters. The van der Waals surface area contributed by atoms with Crippen molar-refractivity contribution in [3.8, 4) is 0 Å². The first-order valence-corrected chi connectivity index (χ1v) is 4.69. The van der Waals surface area contributed by atoms with Gasteiger partial charge in [0.25, 0.3) is 0 Å². The Balaban J connectivity index is 1.65. The summed E-state index contributed by atoms with van der Waals surface area (Å²) in [5, 5.41) is 3.02. The van der Waals surface area contributed by atoms with Crippen molar-refractivity contribution < 1.29 is 14.6 Å². The number of carbonyl (C=O) groups excluding carboxylic acids is 1. The van der Waals surface area contributed by atoms with Crippen LogP contribution in [0.4, 0.5) is 4.79 Å². The molecule has 0 bridgehead atoms. The Kier molecular flexibility index (Phi) is 2.65. The molecule has 2 fully saturated rings. The van der Waals surface area contributed by atoms with E-state index in [4.69, 9.17) is 4.89 Å². The molecule has 0 spiro atoms. The zero-order valence-electron chi connectivity index (χ0n) is 7.49. The lowest BCUT2D eigenvalue weighted by atomic mass is 10.2. The van der Waals surface area contributed by atoms with E-state index < -0.39 is 0 Å². The molecule has 5 nitrogen and oxygen atoms in total. The van der Waals surface area contributed by atoms with E-state index in [1.165, 1.54) is 0 Å². The molecule has 2 rings (SSSR count). The van der Waals surface area contributed by atoms with Crippen LogP contribution in [0, 0.1) is 0 Å². The predicted octanol–water partition coefficient (Wildman–Crippen LogP) is 0.122. The standard InChI is InChI=1S/C8H14N2O3/c11-8(10-3-1-2-4-10)13-12-7-5-9-6-7/h7,9H,1-6H2. The summed E-state index contributed by atoms with van der Waals surface area (Å²) in [5.74, 6) is 0. The van der Waals surface area contributed by atoms with Crippen LogP contribution in [-0.4, -0.2) is 43.3 Å². The number of likely N-dealkylation sites (tertiary alicyclic amines) is 1. The number of nitrogens with one attached hydrogen (secondary N) is 1. The number of hydrogen-bond acceptors (Lipinski definition) is 4. The molecule has 2 saturated heterocycles. The summed E-state index contributed by atoms with van der Waals surface area (Å²) in [6, 6.07) is 0. The van der Waals surface area contributed by atoms with E-state index in [0.29, 0.717) is 0 Å². The van der Waals surface area contributed by atoms with E-state index in [1.807, 2.05) is 0 Å². The summed E-state index contributed by atoms with van der Waals surface area (Å²) < 4.78 is 0.